The van der Waals surface area contributed by atoms with Crippen molar-refractivity contribution in [2.75, 3.05) is 0 Å². The van der Waals surface area contributed by atoms with E-state index in [9.17, 15) is 14.0 Å². The van der Waals surface area contributed by atoms with Crippen LogP contribution in [0.4, 0.5) is 9.18 Å². The molecular weight excluding hydrogens is 263 g/mol. The summed E-state index contributed by atoms with van der Waals surface area (Å²) in [5, 5.41) is 13.8. The van der Waals surface area contributed by atoms with Gasteiger partial charge >= 0.3 is 12.0 Å². The van der Waals surface area contributed by atoms with Crippen LogP contribution >= 0.6 is 0 Å². The third-order valence-electron chi connectivity index (χ3n) is 2.71. The molecule has 0 radical (unpaired) electrons. The minimum absolute atomic E-state index is 0.00647. The van der Waals surface area contributed by atoms with E-state index in [-0.39, 0.29) is 12.5 Å². The van der Waals surface area contributed by atoms with Crippen LogP contribution in [-0.2, 0) is 11.3 Å². The number of nitrogens with one attached hydrogen (secondary N) is 2. The Bertz CT molecular complexity index is 477. The number of amides is 2. The predicted octanol–water partition coefficient (Wildman–Crippen LogP) is 2.12. The van der Waals surface area contributed by atoms with E-state index in [0.29, 0.717) is 12.0 Å². The second-order valence-corrected chi connectivity index (χ2v) is 4.94. The fourth-order valence-electron chi connectivity index (χ4n) is 1.72. The van der Waals surface area contributed by atoms with Crippen molar-refractivity contribution in [3.8, 4) is 0 Å². The van der Waals surface area contributed by atoms with Crippen LogP contribution in [-0.4, -0.2) is 23.1 Å². The van der Waals surface area contributed by atoms with Crippen LogP contribution in [0.25, 0.3) is 0 Å². The maximum atomic E-state index is 13.3. The van der Waals surface area contributed by atoms with Gasteiger partial charge in [0.2, 0.25) is 0 Å². The lowest BCUT2D eigenvalue weighted by molar-refractivity contribution is -0.139. The molecule has 3 N–H and O–H groups in total. The van der Waals surface area contributed by atoms with Gasteiger partial charge < -0.3 is 15.7 Å². The first-order chi connectivity index (χ1) is 9.40. The average Bonchev–Trinajstić information content (AvgIpc) is 2.36. The van der Waals surface area contributed by atoms with E-state index in [4.69, 9.17) is 5.11 Å². The smallest absolute Gasteiger partial charge is 0.326 e. The molecule has 1 unspecified atom stereocenters. The standard InChI is InChI=1S/C14H19FN2O3/c1-9(2)7-12(13(18)19)17-14(20)16-8-10-5-3-4-6-11(10)15/h3-6,9,12H,7-8H2,1-2H3,(H,18,19)(H2,16,17,20). The monoisotopic (exact) mass is 282 g/mol. The third kappa shape index (κ3) is 5.26. The predicted molar refractivity (Wildman–Crippen MR) is 72.7 cm³/mol. The minimum atomic E-state index is -1.08. The van der Waals surface area contributed by atoms with Gasteiger partial charge in [-0.1, -0.05) is 32.0 Å². The molecule has 20 heavy (non-hydrogen) atoms. The molecule has 0 saturated carbocycles. The van der Waals surface area contributed by atoms with E-state index in [1.807, 2.05) is 13.8 Å². The second kappa shape index (κ2) is 7.47. The van der Waals surface area contributed by atoms with Gasteiger partial charge in [-0.15, -0.1) is 0 Å². The van der Waals surface area contributed by atoms with Crippen molar-refractivity contribution in [1.82, 2.24) is 10.6 Å². The molecule has 0 aromatic heterocycles. The maximum absolute atomic E-state index is 13.3. The van der Waals surface area contributed by atoms with Gasteiger partial charge in [0.15, 0.2) is 0 Å². The number of carbonyl (C=O) groups excluding carboxylic acids is 1. The summed E-state index contributed by atoms with van der Waals surface area (Å²) in [7, 11) is 0. The van der Waals surface area contributed by atoms with E-state index in [0.717, 1.165) is 0 Å². The molecule has 110 valence electrons. The average molecular weight is 282 g/mol. The van der Waals surface area contributed by atoms with Gasteiger partial charge in [0.25, 0.3) is 0 Å². The lowest BCUT2D eigenvalue weighted by atomic mass is 10.0. The van der Waals surface area contributed by atoms with Crippen molar-refractivity contribution in [1.29, 1.82) is 0 Å². The molecule has 0 aliphatic heterocycles. The van der Waals surface area contributed by atoms with Crippen LogP contribution in [0.3, 0.4) is 0 Å². The van der Waals surface area contributed by atoms with Gasteiger partial charge in [-0.25, -0.2) is 14.0 Å². The topological polar surface area (TPSA) is 78.4 Å². The summed E-state index contributed by atoms with van der Waals surface area (Å²) < 4.78 is 13.3. The molecule has 1 atom stereocenters. The molecule has 0 fully saturated rings. The molecule has 0 bridgehead atoms. The Morgan fingerprint density at radius 2 is 1.95 bits per heavy atom. The number of rotatable bonds is 6. The zero-order valence-corrected chi connectivity index (χ0v) is 11.5. The van der Waals surface area contributed by atoms with Crippen molar-refractivity contribution >= 4 is 12.0 Å². The van der Waals surface area contributed by atoms with Gasteiger partial charge in [-0.05, 0) is 18.4 Å². The van der Waals surface area contributed by atoms with Gasteiger partial charge in [-0.3, -0.25) is 0 Å². The number of hydrogen-bond acceptors (Lipinski definition) is 2. The van der Waals surface area contributed by atoms with Crippen molar-refractivity contribution in [3.05, 3.63) is 35.6 Å². The summed E-state index contributed by atoms with van der Waals surface area (Å²) in [5.41, 5.74) is 0.346. The Hall–Kier alpha value is -2.11. The lowest BCUT2D eigenvalue weighted by Crippen LogP contribution is -2.46. The molecule has 6 heteroatoms. The number of hydrogen-bond donors (Lipinski definition) is 3. The Morgan fingerprint density at radius 3 is 2.50 bits per heavy atom. The number of halogens is 1. The number of carboxylic acid groups (broad SMARTS) is 1. The third-order valence-corrected chi connectivity index (χ3v) is 2.71. The van der Waals surface area contributed by atoms with E-state index < -0.39 is 23.9 Å². The van der Waals surface area contributed by atoms with E-state index >= 15 is 0 Å². The fraction of sp³-hybridized carbons (Fsp3) is 0.429. The normalized spacial score (nSPS) is 12.0. The van der Waals surface area contributed by atoms with Gasteiger partial charge in [0.05, 0.1) is 0 Å². The van der Waals surface area contributed by atoms with E-state index in [2.05, 4.69) is 10.6 Å². The molecule has 1 rings (SSSR count). The quantitative estimate of drug-likeness (QED) is 0.748. The van der Waals surface area contributed by atoms with Crippen LogP contribution in [0.2, 0.25) is 0 Å². The molecule has 0 aliphatic rings. The molecule has 5 nitrogen and oxygen atoms in total. The molecule has 2 amide bonds. The van der Waals surface area contributed by atoms with Crippen molar-refractivity contribution < 1.29 is 19.1 Å². The van der Waals surface area contributed by atoms with Gasteiger partial charge in [0.1, 0.15) is 11.9 Å². The number of benzene rings is 1. The summed E-state index contributed by atoms with van der Waals surface area (Å²) in [6.45, 7) is 3.75. The summed E-state index contributed by atoms with van der Waals surface area (Å²) >= 11 is 0. The molecule has 0 heterocycles. The molecule has 1 aromatic rings. The molecule has 0 spiro atoms. The first-order valence-corrected chi connectivity index (χ1v) is 6.40. The van der Waals surface area contributed by atoms with Gasteiger partial charge in [0, 0.05) is 12.1 Å². The Morgan fingerprint density at radius 1 is 1.30 bits per heavy atom. The highest BCUT2D eigenvalue weighted by Crippen LogP contribution is 2.06. The summed E-state index contributed by atoms with van der Waals surface area (Å²) in [4.78, 5) is 22.6. The first kappa shape index (κ1) is 15.9. The highest BCUT2D eigenvalue weighted by atomic mass is 19.1. The first-order valence-electron chi connectivity index (χ1n) is 6.40. The molecular formula is C14H19FN2O3. The largest absolute Gasteiger partial charge is 0.480 e. The number of aliphatic carboxylic acids is 1. The Kier molecular flexibility index (Phi) is 5.96. The van der Waals surface area contributed by atoms with E-state index in [1.165, 1.54) is 6.07 Å². The van der Waals surface area contributed by atoms with Crippen LogP contribution in [0, 0.1) is 11.7 Å². The Labute approximate surface area is 117 Å². The van der Waals surface area contributed by atoms with Crippen molar-refractivity contribution in [3.63, 3.8) is 0 Å². The summed E-state index contributed by atoms with van der Waals surface area (Å²) in [6.07, 6.45) is 0.336. The molecule has 0 aliphatic carbocycles. The lowest BCUT2D eigenvalue weighted by Gasteiger charge is -2.17. The highest BCUT2D eigenvalue weighted by molar-refractivity contribution is 5.82. The SMILES string of the molecule is CC(C)CC(NC(=O)NCc1ccccc1F)C(=O)O. The maximum Gasteiger partial charge on any atom is 0.326 e. The zero-order chi connectivity index (χ0) is 15.1. The second-order valence-electron chi connectivity index (χ2n) is 4.94. The number of carboxylic acids is 1. The highest BCUT2D eigenvalue weighted by Gasteiger charge is 2.20. The number of carbonyl (C=O) groups is 2. The minimum Gasteiger partial charge on any atom is -0.480 e. The van der Waals surface area contributed by atoms with E-state index in [1.54, 1.807) is 18.2 Å². The summed E-state index contributed by atoms with van der Waals surface area (Å²) in [5.74, 6) is -1.35. The van der Waals surface area contributed by atoms with Crippen molar-refractivity contribution in [2.45, 2.75) is 32.9 Å². The zero-order valence-electron chi connectivity index (χ0n) is 11.5. The van der Waals surface area contributed by atoms with Crippen LogP contribution in [0.5, 0.6) is 0 Å². The fourth-order valence-corrected chi connectivity index (χ4v) is 1.72. The Balaban J connectivity index is 2.50. The van der Waals surface area contributed by atoms with Crippen LogP contribution < -0.4 is 10.6 Å². The van der Waals surface area contributed by atoms with Crippen LogP contribution in [0.15, 0.2) is 24.3 Å². The summed E-state index contributed by atoms with van der Waals surface area (Å²) in [6, 6.07) is 4.50. The van der Waals surface area contributed by atoms with Gasteiger partial charge in [-0.2, -0.15) is 0 Å². The van der Waals surface area contributed by atoms with Crippen molar-refractivity contribution in [2.24, 2.45) is 5.92 Å². The molecule has 0 saturated heterocycles. The molecule has 1 aromatic carbocycles. The number of urea groups is 1. The van der Waals surface area contributed by atoms with Crippen LogP contribution in [0.1, 0.15) is 25.8 Å².